The summed E-state index contributed by atoms with van der Waals surface area (Å²) in [6.45, 7) is 5.05. The average molecular weight is 256 g/mol. The van der Waals surface area contributed by atoms with Crippen LogP contribution in [0.25, 0.3) is 0 Å². The van der Waals surface area contributed by atoms with Gasteiger partial charge in [0.15, 0.2) is 0 Å². The summed E-state index contributed by atoms with van der Waals surface area (Å²) in [6, 6.07) is 0.273. The molecule has 0 rings (SSSR count). The summed E-state index contributed by atoms with van der Waals surface area (Å²) in [6.07, 6.45) is -4.89. The van der Waals surface area contributed by atoms with E-state index in [4.69, 9.17) is 4.74 Å². The molecule has 0 aromatic rings. The van der Waals surface area contributed by atoms with Gasteiger partial charge in [0.05, 0.1) is 13.0 Å². The van der Waals surface area contributed by atoms with Crippen LogP contribution in [0.3, 0.4) is 0 Å². The maximum atomic E-state index is 12.1. The van der Waals surface area contributed by atoms with Crippen LogP contribution in [-0.2, 0) is 4.74 Å². The molecular weight excluding hydrogens is 233 g/mol. The summed E-state index contributed by atoms with van der Waals surface area (Å²) in [5.41, 5.74) is 0. The standard InChI is InChI=1S/C11H23F3N2O/c1-9(2)15-7-10(8-17-4)16(3)6-5-11(12,13)14/h9-10,15H,5-8H2,1-4H3. The van der Waals surface area contributed by atoms with E-state index in [-0.39, 0.29) is 12.6 Å². The zero-order valence-electron chi connectivity index (χ0n) is 11.0. The van der Waals surface area contributed by atoms with Gasteiger partial charge in [-0.15, -0.1) is 0 Å². The molecule has 0 aromatic heterocycles. The maximum Gasteiger partial charge on any atom is 0.390 e. The van der Waals surface area contributed by atoms with Crippen LogP contribution in [0.1, 0.15) is 20.3 Å². The lowest BCUT2D eigenvalue weighted by Gasteiger charge is -2.28. The fourth-order valence-corrected chi connectivity index (χ4v) is 1.39. The highest BCUT2D eigenvalue weighted by Crippen LogP contribution is 2.19. The van der Waals surface area contributed by atoms with Crippen molar-refractivity contribution >= 4 is 0 Å². The highest BCUT2D eigenvalue weighted by Gasteiger charge is 2.28. The van der Waals surface area contributed by atoms with Crippen LogP contribution in [0.15, 0.2) is 0 Å². The minimum absolute atomic E-state index is 0.00268. The topological polar surface area (TPSA) is 24.5 Å². The van der Waals surface area contributed by atoms with Crippen LogP contribution in [0.5, 0.6) is 0 Å². The van der Waals surface area contributed by atoms with E-state index >= 15 is 0 Å². The van der Waals surface area contributed by atoms with Gasteiger partial charge in [0.2, 0.25) is 0 Å². The second-order valence-corrected chi connectivity index (χ2v) is 4.52. The number of nitrogens with zero attached hydrogens (tertiary/aromatic N) is 1. The quantitative estimate of drug-likeness (QED) is 0.717. The van der Waals surface area contributed by atoms with Crippen molar-refractivity contribution in [2.45, 2.75) is 38.5 Å². The highest BCUT2D eigenvalue weighted by atomic mass is 19.4. The number of hydrogen-bond acceptors (Lipinski definition) is 3. The molecule has 0 aliphatic carbocycles. The van der Waals surface area contributed by atoms with Gasteiger partial charge in [-0.3, -0.25) is 4.90 Å². The number of hydrogen-bond donors (Lipinski definition) is 1. The van der Waals surface area contributed by atoms with E-state index in [9.17, 15) is 13.2 Å². The van der Waals surface area contributed by atoms with Crippen LogP contribution in [0.2, 0.25) is 0 Å². The first-order valence-corrected chi connectivity index (χ1v) is 5.75. The Hall–Kier alpha value is -0.330. The molecular formula is C11H23F3N2O. The minimum atomic E-state index is -4.10. The van der Waals surface area contributed by atoms with Crippen LogP contribution in [0, 0.1) is 0 Å². The first-order chi connectivity index (χ1) is 7.76. The molecule has 0 spiro atoms. The summed E-state index contributed by atoms with van der Waals surface area (Å²) in [7, 11) is 3.25. The van der Waals surface area contributed by atoms with Crippen molar-refractivity contribution in [3.8, 4) is 0 Å². The van der Waals surface area contributed by atoms with E-state index in [0.29, 0.717) is 19.2 Å². The first kappa shape index (κ1) is 16.7. The van der Waals surface area contributed by atoms with Gasteiger partial charge in [-0.1, -0.05) is 13.8 Å². The van der Waals surface area contributed by atoms with Gasteiger partial charge >= 0.3 is 6.18 Å². The summed E-state index contributed by atoms with van der Waals surface area (Å²) in [5, 5.41) is 3.21. The molecule has 0 bridgehead atoms. The van der Waals surface area contributed by atoms with Gasteiger partial charge in [-0.25, -0.2) is 0 Å². The van der Waals surface area contributed by atoms with Crippen LogP contribution >= 0.6 is 0 Å². The normalized spacial score (nSPS) is 14.6. The van der Waals surface area contributed by atoms with Crippen molar-refractivity contribution < 1.29 is 17.9 Å². The molecule has 0 aliphatic heterocycles. The molecule has 1 N–H and O–H groups in total. The van der Waals surface area contributed by atoms with E-state index in [1.165, 1.54) is 0 Å². The van der Waals surface area contributed by atoms with E-state index in [1.807, 2.05) is 13.8 Å². The molecule has 0 saturated carbocycles. The Morgan fingerprint density at radius 3 is 2.29 bits per heavy atom. The predicted octanol–water partition coefficient (Wildman–Crippen LogP) is 1.88. The molecule has 0 fully saturated rings. The molecule has 0 radical (unpaired) electrons. The number of methoxy groups -OCH3 is 1. The smallest absolute Gasteiger partial charge is 0.383 e. The molecule has 17 heavy (non-hydrogen) atoms. The monoisotopic (exact) mass is 256 g/mol. The Morgan fingerprint density at radius 2 is 1.88 bits per heavy atom. The number of nitrogens with one attached hydrogen (secondary N) is 1. The molecule has 1 unspecified atom stereocenters. The lowest BCUT2D eigenvalue weighted by atomic mass is 10.2. The zero-order valence-corrected chi connectivity index (χ0v) is 11.0. The van der Waals surface area contributed by atoms with Crippen molar-refractivity contribution in [3.63, 3.8) is 0 Å². The third-order valence-corrected chi connectivity index (χ3v) is 2.49. The van der Waals surface area contributed by atoms with Crippen LogP contribution in [-0.4, -0.2) is 57.0 Å². The number of likely N-dealkylation sites (N-methyl/N-ethyl adjacent to an activating group) is 1. The molecule has 6 heteroatoms. The molecule has 0 heterocycles. The Kier molecular flexibility index (Phi) is 7.74. The van der Waals surface area contributed by atoms with Crippen LogP contribution in [0.4, 0.5) is 13.2 Å². The second kappa shape index (κ2) is 7.89. The Morgan fingerprint density at radius 1 is 1.29 bits per heavy atom. The van der Waals surface area contributed by atoms with E-state index in [1.54, 1.807) is 19.1 Å². The lowest BCUT2D eigenvalue weighted by molar-refractivity contribution is -0.138. The largest absolute Gasteiger partial charge is 0.390 e. The van der Waals surface area contributed by atoms with Gasteiger partial charge in [0.25, 0.3) is 0 Å². The van der Waals surface area contributed by atoms with Gasteiger partial charge in [0, 0.05) is 32.3 Å². The summed E-state index contributed by atoms with van der Waals surface area (Å²) >= 11 is 0. The Bertz CT molecular complexity index is 198. The molecule has 0 amide bonds. The molecule has 1 atom stereocenters. The van der Waals surface area contributed by atoms with Crippen molar-refractivity contribution in [2.24, 2.45) is 0 Å². The summed E-state index contributed by atoms with van der Waals surface area (Å²) < 4.78 is 41.3. The number of alkyl halides is 3. The zero-order chi connectivity index (χ0) is 13.5. The van der Waals surface area contributed by atoms with Crippen molar-refractivity contribution in [2.75, 3.05) is 33.9 Å². The van der Waals surface area contributed by atoms with Gasteiger partial charge < -0.3 is 10.1 Å². The molecule has 104 valence electrons. The third kappa shape index (κ3) is 9.38. The molecule has 0 saturated heterocycles. The minimum Gasteiger partial charge on any atom is -0.383 e. The molecule has 0 aromatic carbocycles. The predicted molar refractivity (Wildman–Crippen MR) is 62.1 cm³/mol. The number of ether oxygens (including phenoxy) is 1. The third-order valence-electron chi connectivity index (χ3n) is 2.49. The Balaban J connectivity index is 4.09. The maximum absolute atomic E-state index is 12.1. The van der Waals surface area contributed by atoms with Gasteiger partial charge in [-0.2, -0.15) is 13.2 Å². The van der Waals surface area contributed by atoms with Crippen LogP contribution < -0.4 is 5.32 Å². The van der Waals surface area contributed by atoms with Crippen molar-refractivity contribution in [3.05, 3.63) is 0 Å². The number of rotatable bonds is 8. The second-order valence-electron chi connectivity index (χ2n) is 4.52. The molecule has 0 aliphatic rings. The summed E-state index contributed by atoms with van der Waals surface area (Å²) in [4.78, 5) is 1.69. The average Bonchev–Trinajstić information content (AvgIpc) is 2.19. The van der Waals surface area contributed by atoms with Crippen molar-refractivity contribution in [1.29, 1.82) is 0 Å². The van der Waals surface area contributed by atoms with Gasteiger partial charge in [-0.05, 0) is 7.05 Å². The lowest BCUT2D eigenvalue weighted by Crippen LogP contribution is -2.45. The van der Waals surface area contributed by atoms with E-state index in [0.717, 1.165) is 0 Å². The van der Waals surface area contributed by atoms with E-state index in [2.05, 4.69) is 5.32 Å². The van der Waals surface area contributed by atoms with Crippen molar-refractivity contribution in [1.82, 2.24) is 10.2 Å². The highest BCUT2D eigenvalue weighted by molar-refractivity contribution is 4.73. The SMILES string of the molecule is COCC(CNC(C)C)N(C)CCC(F)(F)F. The molecule has 3 nitrogen and oxygen atoms in total. The number of halogens is 3. The summed E-state index contributed by atoms with van der Waals surface area (Å²) in [5.74, 6) is 0. The fourth-order valence-electron chi connectivity index (χ4n) is 1.39. The fraction of sp³-hybridized carbons (Fsp3) is 1.00. The van der Waals surface area contributed by atoms with Gasteiger partial charge in [0.1, 0.15) is 0 Å². The Labute approximate surface area is 101 Å². The first-order valence-electron chi connectivity index (χ1n) is 5.75. The van der Waals surface area contributed by atoms with E-state index < -0.39 is 12.6 Å².